The molecule has 30 heavy (non-hydrogen) atoms. The predicted molar refractivity (Wildman–Crippen MR) is 123 cm³/mol. The molecule has 0 unspecified atom stereocenters. The van der Waals surface area contributed by atoms with Gasteiger partial charge in [-0.3, -0.25) is 4.79 Å². The Morgan fingerprint density at radius 1 is 1.07 bits per heavy atom. The van der Waals surface area contributed by atoms with Crippen LogP contribution in [-0.4, -0.2) is 22.4 Å². The van der Waals surface area contributed by atoms with Gasteiger partial charge < -0.3 is 4.57 Å². The highest BCUT2D eigenvalue weighted by Crippen LogP contribution is 2.20. The molecule has 0 bridgehead atoms. The molecule has 0 aliphatic carbocycles. The normalized spacial score (nSPS) is 11.2. The second-order valence-corrected chi connectivity index (χ2v) is 8.41. The summed E-state index contributed by atoms with van der Waals surface area (Å²) in [4.78, 5) is 12.1. The van der Waals surface area contributed by atoms with Gasteiger partial charge in [0.05, 0.1) is 12.0 Å². The van der Waals surface area contributed by atoms with E-state index < -0.39 is 0 Å². The van der Waals surface area contributed by atoms with Gasteiger partial charge in [-0.1, -0.05) is 29.3 Å². The summed E-state index contributed by atoms with van der Waals surface area (Å²) in [6.07, 6.45) is 1.65. The highest BCUT2D eigenvalue weighted by molar-refractivity contribution is 7.99. The molecule has 0 aliphatic heterocycles. The van der Waals surface area contributed by atoms with Gasteiger partial charge in [0.25, 0.3) is 0 Å². The summed E-state index contributed by atoms with van der Waals surface area (Å²) in [7, 11) is 0. The van der Waals surface area contributed by atoms with Crippen LogP contribution in [0, 0.1) is 33.5 Å². The Bertz CT molecular complexity index is 1050. The average Bonchev–Trinajstić information content (AvgIpc) is 2.95. The van der Waals surface area contributed by atoms with Crippen LogP contribution in [0.5, 0.6) is 0 Å². The van der Waals surface area contributed by atoms with E-state index in [0.29, 0.717) is 5.75 Å². The number of hydrogen-bond acceptors (Lipinski definition) is 3. The minimum absolute atomic E-state index is 0.132. The topological polar surface area (TPSA) is 46.4 Å². The van der Waals surface area contributed by atoms with Crippen molar-refractivity contribution in [2.75, 3.05) is 5.75 Å². The van der Waals surface area contributed by atoms with Crippen LogP contribution >= 0.6 is 11.8 Å². The summed E-state index contributed by atoms with van der Waals surface area (Å²) in [5.74, 6) is 0.742. The van der Waals surface area contributed by atoms with Crippen LogP contribution in [0.4, 0.5) is 4.39 Å². The van der Waals surface area contributed by atoms with Gasteiger partial charge in [0, 0.05) is 28.4 Å². The first-order valence-electron chi connectivity index (χ1n) is 9.75. The second kappa shape index (κ2) is 9.76. The molecule has 1 amide bonds. The summed E-state index contributed by atoms with van der Waals surface area (Å²) in [5.41, 5.74) is 10.1. The number of thioether (sulfide) groups is 1. The summed E-state index contributed by atoms with van der Waals surface area (Å²) < 4.78 is 15.2. The van der Waals surface area contributed by atoms with Crippen LogP contribution in [0.2, 0.25) is 0 Å². The number of amides is 1. The van der Waals surface area contributed by atoms with E-state index in [1.807, 2.05) is 24.5 Å². The van der Waals surface area contributed by atoms with Gasteiger partial charge in [0.1, 0.15) is 5.82 Å². The molecule has 0 saturated heterocycles. The minimum Gasteiger partial charge on any atom is -0.318 e. The number of hydrogen-bond donors (Lipinski definition) is 1. The summed E-state index contributed by atoms with van der Waals surface area (Å²) >= 11 is 1.57. The largest absolute Gasteiger partial charge is 0.318 e. The van der Waals surface area contributed by atoms with Crippen molar-refractivity contribution < 1.29 is 9.18 Å². The molecule has 0 saturated carbocycles. The lowest BCUT2D eigenvalue weighted by Crippen LogP contribution is -2.19. The van der Waals surface area contributed by atoms with Gasteiger partial charge in [0.2, 0.25) is 5.91 Å². The van der Waals surface area contributed by atoms with E-state index in [9.17, 15) is 9.18 Å². The van der Waals surface area contributed by atoms with E-state index >= 15 is 0 Å². The Kier molecular flexibility index (Phi) is 7.11. The third-order valence-corrected chi connectivity index (χ3v) is 5.74. The molecule has 2 aromatic carbocycles. The smallest absolute Gasteiger partial charge is 0.250 e. The third kappa shape index (κ3) is 5.60. The van der Waals surface area contributed by atoms with Gasteiger partial charge in [-0.05, 0) is 63.6 Å². The number of nitrogens with one attached hydrogen (secondary N) is 1. The SMILES string of the molecule is Cc1cc(C)cc(CSCC(=O)N/N=C/c2cc(C)n(-c3ccc(F)cc3)c2C)c1. The first-order chi connectivity index (χ1) is 14.3. The molecule has 6 heteroatoms. The quantitative estimate of drug-likeness (QED) is 0.418. The van der Waals surface area contributed by atoms with Crippen molar-refractivity contribution in [1.29, 1.82) is 0 Å². The second-order valence-electron chi connectivity index (χ2n) is 7.42. The van der Waals surface area contributed by atoms with E-state index in [2.05, 4.69) is 42.6 Å². The Morgan fingerprint density at radius 2 is 1.73 bits per heavy atom. The van der Waals surface area contributed by atoms with E-state index in [1.54, 1.807) is 30.1 Å². The van der Waals surface area contributed by atoms with Crippen molar-refractivity contribution in [3.8, 4) is 5.69 Å². The Labute approximate surface area is 181 Å². The fourth-order valence-corrected chi connectivity index (χ4v) is 4.28. The molecule has 1 heterocycles. The Balaban J connectivity index is 1.55. The highest BCUT2D eigenvalue weighted by atomic mass is 32.2. The maximum Gasteiger partial charge on any atom is 0.250 e. The molecule has 1 aromatic heterocycles. The van der Waals surface area contributed by atoms with E-state index in [0.717, 1.165) is 28.4 Å². The lowest BCUT2D eigenvalue weighted by Gasteiger charge is -2.09. The highest BCUT2D eigenvalue weighted by Gasteiger charge is 2.10. The molecule has 3 aromatic rings. The number of halogens is 1. The van der Waals surface area contributed by atoms with Crippen molar-refractivity contribution >= 4 is 23.9 Å². The van der Waals surface area contributed by atoms with Gasteiger partial charge in [-0.2, -0.15) is 5.10 Å². The molecule has 0 atom stereocenters. The molecule has 0 radical (unpaired) electrons. The summed E-state index contributed by atoms with van der Waals surface area (Å²) in [6, 6.07) is 14.8. The molecule has 156 valence electrons. The fraction of sp³-hybridized carbons (Fsp3) is 0.250. The summed E-state index contributed by atoms with van der Waals surface area (Å²) in [5, 5.41) is 4.11. The first-order valence-corrected chi connectivity index (χ1v) is 10.9. The van der Waals surface area contributed by atoms with Crippen molar-refractivity contribution in [2.45, 2.75) is 33.4 Å². The van der Waals surface area contributed by atoms with E-state index in [1.165, 1.54) is 28.8 Å². The number of benzene rings is 2. The number of nitrogens with zero attached hydrogens (tertiary/aromatic N) is 2. The molecular formula is C24H26FN3OS. The zero-order valence-electron chi connectivity index (χ0n) is 17.7. The van der Waals surface area contributed by atoms with Crippen molar-refractivity contribution in [1.82, 2.24) is 9.99 Å². The van der Waals surface area contributed by atoms with Crippen molar-refractivity contribution in [3.63, 3.8) is 0 Å². The molecule has 0 fully saturated rings. The summed E-state index contributed by atoms with van der Waals surface area (Å²) in [6.45, 7) is 8.11. The van der Waals surface area contributed by atoms with Crippen LogP contribution in [-0.2, 0) is 10.5 Å². The fourth-order valence-electron chi connectivity index (χ4n) is 3.53. The van der Waals surface area contributed by atoms with Crippen molar-refractivity contribution in [2.24, 2.45) is 5.10 Å². The van der Waals surface area contributed by atoms with Gasteiger partial charge >= 0.3 is 0 Å². The average molecular weight is 424 g/mol. The number of carbonyl (C=O) groups excluding carboxylic acids is 1. The maximum absolute atomic E-state index is 13.2. The number of carbonyl (C=O) groups is 1. The first kappa shape index (κ1) is 21.8. The number of hydrazone groups is 1. The van der Waals surface area contributed by atoms with Crippen LogP contribution < -0.4 is 5.43 Å². The van der Waals surface area contributed by atoms with E-state index in [4.69, 9.17) is 0 Å². The van der Waals surface area contributed by atoms with Crippen LogP contribution in [0.1, 0.15) is 33.6 Å². The predicted octanol–water partition coefficient (Wildman–Crippen LogP) is 5.23. The molecule has 0 aliphatic rings. The third-order valence-electron chi connectivity index (χ3n) is 4.73. The maximum atomic E-state index is 13.2. The zero-order chi connectivity index (χ0) is 21.7. The Morgan fingerprint density at radius 3 is 2.40 bits per heavy atom. The number of aromatic nitrogens is 1. The van der Waals surface area contributed by atoms with Crippen LogP contribution in [0.3, 0.4) is 0 Å². The van der Waals surface area contributed by atoms with E-state index in [-0.39, 0.29) is 11.7 Å². The minimum atomic E-state index is -0.263. The lowest BCUT2D eigenvalue weighted by atomic mass is 10.1. The molecule has 0 spiro atoms. The number of aryl methyl sites for hydroxylation is 3. The lowest BCUT2D eigenvalue weighted by molar-refractivity contribution is -0.118. The van der Waals surface area contributed by atoms with Gasteiger partial charge in [0.15, 0.2) is 0 Å². The number of rotatable bonds is 7. The van der Waals surface area contributed by atoms with Gasteiger partial charge in [-0.15, -0.1) is 11.8 Å². The monoisotopic (exact) mass is 423 g/mol. The molecular weight excluding hydrogens is 397 g/mol. The zero-order valence-corrected chi connectivity index (χ0v) is 18.5. The Hall–Kier alpha value is -2.86. The van der Waals surface area contributed by atoms with Crippen LogP contribution in [0.15, 0.2) is 53.6 Å². The van der Waals surface area contributed by atoms with Gasteiger partial charge in [-0.25, -0.2) is 9.82 Å². The molecule has 3 rings (SSSR count). The molecule has 4 nitrogen and oxygen atoms in total. The molecule has 1 N–H and O–H groups in total. The standard InChI is InChI=1S/C24H26FN3OS/c1-16-9-17(2)11-20(10-16)14-30-15-24(29)27-26-13-21-12-18(3)28(19(21)4)23-7-5-22(25)6-8-23/h5-13H,14-15H2,1-4H3,(H,27,29)/b26-13+. The van der Waals surface area contributed by atoms with Crippen LogP contribution in [0.25, 0.3) is 5.69 Å². The van der Waals surface area contributed by atoms with Crippen molar-refractivity contribution in [3.05, 3.63) is 88.0 Å².